The van der Waals surface area contributed by atoms with Crippen LogP contribution in [-0.2, 0) is 17.7 Å². The molecule has 4 rings (SSSR count). The van der Waals surface area contributed by atoms with Crippen LogP contribution in [0.5, 0.6) is 5.75 Å². The second-order valence-electron chi connectivity index (χ2n) is 7.49. The fourth-order valence-electron chi connectivity index (χ4n) is 3.73. The molecule has 0 spiro atoms. The number of nitrogens with zero attached hydrogens (tertiary/aromatic N) is 2. The van der Waals surface area contributed by atoms with Gasteiger partial charge in [0.15, 0.2) is 0 Å². The summed E-state index contributed by atoms with van der Waals surface area (Å²) in [5.41, 5.74) is 2.10. The number of amides is 2. The molecule has 7 nitrogen and oxygen atoms in total. The van der Waals surface area contributed by atoms with Crippen LogP contribution in [0.25, 0.3) is 0 Å². The highest BCUT2D eigenvalue weighted by atomic mass is 32.1. The second-order valence-corrected chi connectivity index (χ2v) is 8.57. The zero-order chi connectivity index (χ0) is 24.1. The van der Waals surface area contributed by atoms with Gasteiger partial charge in [-0.3, -0.25) is 4.79 Å². The molecule has 1 aromatic heterocycles. The summed E-state index contributed by atoms with van der Waals surface area (Å²) in [6.07, 6.45) is 1.50. The second kappa shape index (κ2) is 10.5. The van der Waals surface area contributed by atoms with Crippen LogP contribution in [0, 0.1) is 5.82 Å². The number of carbonyl (C=O) groups is 2. The standard InChI is InChI=1S/C25H24FN3O4S/c1-3-33-25(31)29-13-12-17-21(15-29)34-24(27-14-16-8-4-5-9-18(16)26)22(17)23(30)28-19-10-6-7-11-20(19)32-2/h4-11,14H,3,12-13,15H2,1-2H3,(H,28,30). The molecule has 0 fully saturated rings. The maximum Gasteiger partial charge on any atom is 0.410 e. The Morgan fingerprint density at radius 2 is 1.97 bits per heavy atom. The quantitative estimate of drug-likeness (QED) is 0.477. The predicted octanol–water partition coefficient (Wildman–Crippen LogP) is 5.41. The highest BCUT2D eigenvalue weighted by molar-refractivity contribution is 7.16. The van der Waals surface area contributed by atoms with E-state index in [-0.39, 0.29) is 12.5 Å². The zero-order valence-electron chi connectivity index (χ0n) is 18.8. The molecule has 2 amide bonds. The first kappa shape index (κ1) is 23.4. The highest BCUT2D eigenvalue weighted by Gasteiger charge is 2.30. The van der Waals surface area contributed by atoms with Crippen molar-refractivity contribution in [2.45, 2.75) is 19.9 Å². The number of aliphatic imine (C=N–C) groups is 1. The normalized spacial score (nSPS) is 13.0. The Balaban J connectivity index is 1.70. The van der Waals surface area contributed by atoms with E-state index in [1.54, 1.807) is 48.2 Å². The fourth-order valence-corrected chi connectivity index (χ4v) is 4.93. The number of halogens is 1. The lowest BCUT2D eigenvalue weighted by atomic mass is 10.0. The summed E-state index contributed by atoms with van der Waals surface area (Å²) in [6, 6.07) is 13.4. The van der Waals surface area contributed by atoms with Gasteiger partial charge in [0, 0.05) is 23.2 Å². The molecule has 0 saturated heterocycles. The van der Waals surface area contributed by atoms with Gasteiger partial charge in [0.1, 0.15) is 16.6 Å². The van der Waals surface area contributed by atoms with Crippen molar-refractivity contribution in [2.24, 2.45) is 4.99 Å². The van der Waals surface area contributed by atoms with E-state index in [2.05, 4.69) is 10.3 Å². The average Bonchev–Trinajstić information content (AvgIpc) is 3.21. The van der Waals surface area contributed by atoms with E-state index >= 15 is 0 Å². The van der Waals surface area contributed by atoms with Gasteiger partial charge in [-0.2, -0.15) is 0 Å². The Labute approximate surface area is 200 Å². The number of carbonyl (C=O) groups excluding carboxylic acids is 2. The average molecular weight is 482 g/mol. The molecule has 0 aliphatic carbocycles. The van der Waals surface area contributed by atoms with E-state index in [1.165, 1.54) is 30.7 Å². The predicted molar refractivity (Wildman–Crippen MR) is 130 cm³/mol. The molecule has 1 aliphatic rings. The molecule has 0 unspecified atom stereocenters. The molecule has 1 aliphatic heterocycles. The van der Waals surface area contributed by atoms with Crippen LogP contribution in [0.3, 0.4) is 0 Å². The summed E-state index contributed by atoms with van der Waals surface area (Å²) < 4.78 is 24.6. The van der Waals surface area contributed by atoms with E-state index in [0.717, 1.165) is 10.4 Å². The first-order valence-electron chi connectivity index (χ1n) is 10.8. The van der Waals surface area contributed by atoms with E-state index in [1.807, 2.05) is 6.07 Å². The number of methoxy groups -OCH3 is 1. The van der Waals surface area contributed by atoms with Crippen LogP contribution in [0.15, 0.2) is 53.5 Å². The number of rotatable bonds is 6. The number of hydrogen-bond donors (Lipinski definition) is 1. The van der Waals surface area contributed by atoms with Crippen molar-refractivity contribution in [3.05, 3.63) is 75.9 Å². The number of thiophene rings is 1. The van der Waals surface area contributed by atoms with Crippen molar-refractivity contribution in [3.8, 4) is 5.75 Å². The van der Waals surface area contributed by atoms with Gasteiger partial charge in [0.2, 0.25) is 0 Å². The third-order valence-electron chi connectivity index (χ3n) is 5.37. The maximum atomic E-state index is 14.1. The van der Waals surface area contributed by atoms with Gasteiger partial charge in [0.25, 0.3) is 5.91 Å². The van der Waals surface area contributed by atoms with Gasteiger partial charge in [0.05, 0.1) is 31.5 Å². The molecular formula is C25H24FN3O4S. The summed E-state index contributed by atoms with van der Waals surface area (Å²) in [6.45, 7) is 2.79. The van der Waals surface area contributed by atoms with Crippen LogP contribution in [0.1, 0.15) is 33.3 Å². The SMILES string of the molecule is CCOC(=O)N1CCc2c(sc(N=Cc3ccccc3F)c2C(=O)Nc2ccccc2OC)C1. The van der Waals surface area contributed by atoms with Crippen LogP contribution in [-0.4, -0.2) is 43.4 Å². The molecule has 9 heteroatoms. The molecule has 2 heterocycles. The minimum atomic E-state index is -0.402. The van der Waals surface area contributed by atoms with E-state index in [9.17, 15) is 14.0 Å². The third-order valence-corrected chi connectivity index (χ3v) is 6.50. The van der Waals surface area contributed by atoms with Crippen molar-refractivity contribution in [1.29, 1.82) is 0 Å². The van der Waals surface area contributed by atoms with E-state index < -0.39 is 11.9 Å². The summed E-state index contributed by atoms with van der Waals surface area (Å²) >= 11 is 1.31. The Bertz CT molecular complexity index is 1240. The van der Waals surface area contributed by atoms with Crippen LogP contribution in [0.2, 0.25) is 0 Å². The Morgan fingerprint density at radius 1 is 1.21 bits per heavy atom. The van der Waals surface area contributed by atoms with E-state index in [0.29, 0.717) is 47.1 Å². The minimum absolute atomic E-state index is 0.289. The van der Waals surface area contributed by atoms with Crippen molar-refractivity contribution < 1.29 is 23.5 Å². The third kappa shape index (κ3) is 4.94. The molecule has 0 atom stereocenters. The zero-order valence-corrected chi connectivity index (χ0v) is 19.7. The van der Waals surface area contributed by atoms with Gasteiger partial charge in [-0.15, -0.1) is 11.3 Å². The van der Waals surface area contributed by atoms with Crippen molar-refractivity contribution in [2.75, 3.05) is 25.6 Å². The Hall–Kier alpha value is -3.72. The molecule has 2 aromatic carbocycles. The summed E-state index contributed by atoms with van der Waals surface area (Å²) in [5, 5.41) is 3.36. The van der Waals surface area contributed by atoms with Crippen LogP contribution >= 0.6 is 11.3 Å². The minimum Gasteiger partial charge on any atom is -0.495 e. The summed E-state index contributed by atoms with van der Waals surface area (Å²) in [5.74, 6) is -0.210. The highest BCUT2D eigenvalue weighted by Crippen LogP contribution is 2.40. The molecular weight excluding hydrogens is 457 g/mol. The number of para-hydroxylation sites is 2. The molecule has 3 aromatic rings. The lowest BCUT2D eigenvalue weighted by Crippen LogP contribution is -2.36. The number of fused-ring (bicyclic) bond motifs is 1. The maximum absolute atomic E-state index is 14.1. The van der Waals surface area contributed by atoms with Crippen molar-refractivity contribution >= 4 is 40.2 Å². The van der Waals surface area contributed by atoms with Gasteiger partial charge in [-0.1, -0.05) is 30.3 Å². The smallest absolute Gasteiger partial charge is 0.410 e. The van der Waals surface area contributed by atoms with Crippen molar-refractivity contribution in [3.63, 3.8) is 0 Å². The molecule has 34 heavy (non-hydrogen) atoms. The monoisotopic (exact) mass is 481 g/mol. The fraction of sp³-hybridized carbons (Fsp3) is 0.240. The molecule has 176 valence electrons. The number of benzene rings is 2. The van der Waals surface area contributed by atoms with Gasteiger partial charge < -0.3 is 19.7 Å². The number of ether oxygens (including phenoxy) is 2. The lowest BCUT2D eigenvalue weighted by molar-refractivity contribution is 0.102. The molecule has 1 N–H and O–H groups in total. The van der Waals surface area contributed by atoms with Gasteiger partial charge in [-0.25, -0.2) is 14.2 Å². The number of nitrogens with one attached hydrogen (secondary N) is 1. The van der Waals surface area contributed by atoms with Gasteiger partial charge >= 0.3 is 6.09 Å². The Kier molecular flexibility index (Phi) is 7.22. The molecule has 0 saturated carbocycles. The molecule has 0 bridgehead atoms. The van der Waals surface area contributed by atoms with Crippen LogP contribution < -0.4 is 10.1 Å². The number of hydrogen-bond acceptors (Lipinski definition) is 6. The molecule has 0 radical (unpaired) electrons. The Morgan fingerprint density at radius 3 is 2.74 bits per heavy atom. The van der Waals surface area contributed by atoms with Crippen LogP contribution in [0.4, 0.5) is 19.9 Å². The topological polar surface area (TPSA) is 80.2 Å². The van der Waals surface area contributed by atoms with Gasteiger partial charge in [-0.05, 0) is 37.1 Å². The van der Waals surface area contributed by atoms with E-state index in [4.69, 9.17) is 9.47 Å². The first-order valence-corrected chi connectivity index (χ1v) is 11.6. The lowest BCUT2D eigenvalue weighted by Gasteiger charge is -2.26. The summed E-state index contributed by atoms with van der Waals surface area (Å²) in [4.78, 5) is 32.6. The summed E-state index contributed by atoms with van der Waals surface area (Å²) in [7, 11) is 1.53. The first-order chi connectivity index (χ1) is 16.5. The number of anilines is 1. The largest absolute Gasteiger partial charge is 0.495 e. The van der Waals surface area contributed by atoms with Crippen molar-refractivity contribution in [1.82, 2.24) is 4.90 Å².